The Morgan fingerprint density at radius 2 is 2.08 bits per heavy atom. The van der Waals surface area contributed by atoms with Gasteiger partial charge in [0.05, 0.1) is 30.9 Å². The molecule has 0 aliphatic rings. The smallest absolute Gasteiger partial charge is 0.325 e. The van der Waals surface area contributed by atoms with Crippen LogP contribution in [0.2, 0.25) is 0 Å². The minimum absolute atomic E-state index is 0.00601. The summed E-state index contributed by atoms with van der Waals surface area (Å²) >= 11 is 2.85. The minimum atomic E-state index is -0.400. The Kier molecular flexibility index (Phi) is 5.30. The Labute approximate surface area is 152 Å². The normalized spacial score (nSPS) is 11.7. The van der Waals surface area contributed by atoms with Crippen molar-refractivity contribution in [2.45, 2.75) is 13.0 Å². The second-order valence-corrected chi connectivity index (χ2v) is 7.18. The van der Waals surface area contributed by atoms with E-state index in [1.165, 1.54) is 29.8 Å². The molecule has 6 nitrogen and oxygen atoms in total. The van der Waals surface area contributed by atoms with Crippen LogP contribution in [0.4, 0.5) is 0 Å². The number of methoxy groups -OCH3 is 2. The molecule has 0 aliphatic heterocycles. The van der Waals surface area contributed by atoms with Gasteiger partial charge < -0.3 is 14.0 Å². The minimum Gasteiger partial charge on any atom is -0.497 e. The quantitative estimate of drug-likeness (QED) is 0.642. The molecule has 0 radical (unpaired) electrons. The first-order chi connectivity index (χ1) is 12.1. The molecule has 0 fully saturated rings. The van der Waals surface area contributed by atoms with Gasteiger partial charge in [0.2, 0.25) is 0 Å². The van der Waals surface area contributed by atoms with E-state index in [2.05, 4.69) is 4.99 Å². The number of carbonyl (C=O) groups is 2. The van der Waals surface area contributed by atoms with Gasteiger partial charge in [0.1, 0.15) is 12.3 Å². The van der Waals surface area contributed by atoms with Crippen molar-refractivity contribution in [2.24, 2.45) is 4.99 Å². The van der Waals surface area contributed by atoms with Gasteiger partial charge >= 0.3 is 5.97 Å². The van der Waals surface area contributed by atoms with Crippen LogP contribution in [0.15, 0.2) is 40.7 Å². The van der Waals surface area contributed by atoms with Crippen LogP contribution >= 0.6 is 22.7 Å². The lowest BCUT2D eigenvalue weighted by atomic mass is 10.3. The summed E-state index contributed by atoms with van der Waals surface area (Å²) in [5, 5.41) is 1.92. The fourth-order valence-corrected chi connectivity index (χ4v) is 4.09. The molecule has 130 valence electrons. The maximum Gasteiger partial charge on any atom is 0.325 e. The van der Waals surface area contributed by atoms with Gasteiger partial charge in [-0.1, -0.05) is 17.4 Å². The zero-order chi connectivity index (χ0) is 17.8. The number of thiophene rings is 1. The van der Waals surface area contributed by atoms with Gasteiger partial charge in [-0.3, -0.25) is 9.59 Å². The van der Waals surface area contributed by atoms with Crippen LogP contribution in [0.1, 0.15) is 4.88 Å². The average molecular weight is 376 g/mol. The highest BCUT2D eigenvalue weighted by Crippen LogP contribution is 2.23. The molecular formula is C17H16N2O4S2. The molecule has 1 aromatic carbocycles. The molecule has 2 aromatic heterocycles. The van der Waals surface area contributed by atoms with E-state index in [1.807, 2.05) is 29.6 Å². The maximum atomic E-state index is 12.3. The van der Waals surface area contributed by atoms with Gasteiger partial charge in [0.25, 0.3) is 5.91 Å². The topological polar surface area (TPSA) is 69.9 Å². The van der Waals surface area contributed by atoms with Crippen molar-refractivity contribution in [3.63, 3.8) is 0 Å². The van der Waals surface area contributed by atoms with E-state index in [1.54, 1.807) is 17.7 Å². The number of amides is 1. The maximum absolute atomic E-state index is 12.3. The van der Waals surface area contributed by atoms with E-state index in [4.69, 9.17) is 9.47 Å². The summed E-state index contributed by atoms with van der Waals surface area (Å²) in [6, 6.07) is 9.31. The first kappa shape index (κ1) is 17.4. The lowest BCUT2D eigenvalue weighted by Crippen LogP contribution is -2.22. The molecule has 8 heteroatoms. The Balaban J connectivity index is 2.04. The summed E-state index contributed by atoms with van der Waals surface area (Å²) in [5.41, 5.74) is 0.805. The molecule has 3 aromatic rings. The molecule has 0 unspecified atom stereocenters. The molecule has 0 atom stereocenters. The van der Waals surface area contributed by atoms with E-state index in [0.29, 0.717) is 10.6 Å². The number of benzene rings is 1. The zero-order valence-electron chi connectivity index (χ0n) is 13.7. The molecule has 3 rings (SSSR count). The van der Waals surface area contributed by atoms with Gasteiger partial charge in [-0.05, 0) is 29.6 Å². The van der Waals surface area contributed by atoms with Crippen molar-refractivity contribution in [3.8, 4) is 5.75 Å². The monoisotopic (exact) mass is 376 g/mol. The SMILES string of the molecule is COC(=O)Cn1c(=NC(=O)Cc2cccs2)sc2cc(OC)ccc21. The first-order valence-corrected chi connectivity index (χ1v) is 9.14. The highest BCUT2D eigenvalue weighted by Gasteiger charge is 2.13. The predicted molar refractivity (Wildman–Crippen MR) is 97.0 cm³/mol. The highest BCUT2D eigenvalue weighted by atomic mass is 32.1. The number of aromatic nitrogens is 1. The Hall–Kier alpha value is -2.45. The third-order valence-corrected chi connectivity index (χ3v) is 5.45. The van der Waals surface area contributed by atoms with Crippen molar-refractivity contribution in [2.75, 3.05) is 14.2 Å². The average Bonchev–Trinajstić information content (AvgIpc) is 3.22. The number of thiazole rings is 1. The predicted octanol–water partition coefficient (Wildman–Crippen LogP) is 2.62. The van der Waals surface area contributed by atoms with E-state index >= 15 is 0 Å². The number of ether oxygens (including phenoxy) is 2. The standard InChI is InChI=1S/C17H16N2O4S2/c1-22-11-5-6-13-14(8-11)25-17(19(13)10-16(21)23-2)18-15(20)9-12-4-3-7-24-12/h3-8H,9-10H2,1-2H3. The van der Waals surface area contributed by atoms with E-state index in [0.717, 1.165) is 15.1 Å². The number of nitrogens with zero attached hydrogens (tertiary/aromatic N) is 2. The molecule has 1 amide bonds. The molecule has 2 heterocycles. The molecule has 0 saturated carbocycles. The number of fused-ring (bicyclic) bond motifs is 1. The molecule has 25 heavy (non-hydrogen) atoms. The molecule has 0 N–H and O–H groups in total. The van der Waals surface area contributed by atoms with Crippen LogP contribution in [0.25, 0.3) is 10.2 Å². The van der Waals surface area contributed by atoms with Gasteiger partial charge in [-0.15, -0.1) is 11.3 Å². The fourth-order valence-electron chi connectivity index (χ4n) is 2.32. The van der Waals surface area contributed by atoms with Gasteiger partial charge in [0.15, 0.2) is 4.80 Å². The lowest BCUT2D eigenvalue weighted by molar-refractivity contribution is -0.141. The van der Waals surface area contributed by atoms with Crippen molar-refractivity contribution >= 4 is 44.8 Å². The Bertz CT molecular complexity index is 970. The molecular weight excluding hydrogens is 360 g/mol. The van der Waals surface area contributed by atoms with Crippen LogP contribution in [-0.2, 0) is 27.3 Å². The first-order valence-electron chi connectivity index (χ1n) is 7.45. The second-order valence-electron chi connectivity index (χ2n) is 5.14. The number of hydrogen-bond donors (Lipinski definition) is 0. The van der Waals surface area contributed by atoms with Crippen LogP contribution in [0.5, 0.6) is 5.75 Å². The van der Waals surface area contributed by atoms with Crippen LogP contribution < -0.4 is 9.54 Å². The van der Waals surface area contributed by atoms with Crippen LogP contribution in [0.3, 0.4) is 0 Å². The van der Waals surface area contributed by atoms with Crippen LogP contribution in [-0.4, -0.2) is 30.7 Å². The van der Waals surface area contributed by atoms with Crippen molar-refractivity contribution in [1.82, 2.24) is 4.57 Å². The van der Waals surface area contributed by atoms with Crippen molar-refractivity contribution < 1.29 is 19.1 Å². The fraction of sp³-hybridized carbons (Fsp3) is 0.235. The van der Waals surface area contributed by atoms with Gasteiger partial charge in [-0.2, -0.15) is 4.99 Å². The third-order valence-electron chi connectivity index (χ3n) is 3.53. The summed E-state index contributed by atoms with van der Waals surface area (Å²) in [5.74, 6) is 0.0534. The Morgan fingerprint density at radius 3 is 2.76 bits per heavy atom. The lowest BCUT2D eigenvalue weighted by Gasteiger charge is -2.04. The van der Waals surface area contributed by atoms with Crippen molar-refractivity contribution in [1.29, 1.82) is 0 Å². The van der Waals surface area contributed by atoms with Crippen molar-refractivity contribution in [3.05, 3.63) is 45.4 Å². The summed E-state index contributed by atoms with van der Waals surface area (Å²) in [7, 11) is 2.92. The number of rotatable bonds is 5. The third kappa shape index (κ3) is 3.97. The second kappa shape index (κ2) is 7.62. The number of carbonyl (C=O) groups excluding carboxylic acids is 2. The van der Waals surface area contributed by atoms with E-state index < -0.39 is 5.97 Å². The number of hydrogen-bond acceptors (Lipinski definition) is 6. The zero-order valence-corrected chi connectivity index (χ0v) is 15.4. The van der Waals surface area contributed by atoms with E-state index in [9.17, 15) is 9.59 Å². The van der Waals surface area contributed by atoms with E-state index in [-0.39, 0.29) is 18.9 Å². The summed E-state index contributed by atoms with van der Waals surface area (Å²) in [4.78, 5) is 29.7. The Morgan fingerprint density at radius 1 is 1.24 bits per heavy atom. The molecule has 0 aliphatic carbocycles. The molecule has 0 spiro atoms. The van der Waals surface area contributed by atoms with Crippen LogP contribution in [0, 0.1) is 0 Å². The highest BCUT2D eigenvalue weighted by molar-refractivity contribution is 7.16. The largest absolute Gasteiger partial charge is 0.497 e. The summed E-state index contributed by atoms with van der Waals surface area (Å²) in [6.07, 6.45) is 0.244. The number of esters is 1. The summed E-state index contributed by atoms with van der Waals surface area (Å²) in [6.45, 7) is -0.00601. The molecule has 0 bridgehead atoms. The molecule has 0 saturated heterocycles. The summed E-state index contributed by atoms with van der Waals surface area (Å²) < 4.78 is 12.6. The van der Waals surface area contributed by atoms with Gasteiger partial charge in [0, 0.05) is 4.88 Å². The van der Waals surface area contributed by atoms with Gasteiger partial charge in [-0.25, -0.2) is 0 Å².